The SMILES string of the molecule is COc1cc2c(cc1OC)CN(c1ccc(NC(=O)c3cccnc3)nn1)CC2. The first kappa shape index (κ1) is 18.7. The zero-order chi connectivity index (χ0) is 20.2. The normalized spacial score (nSPS) is 12.8. The molecule has 1 aromatic carbocycles. The van der Waals surface area contributed by atoms with Crippen LogP contribution in [0.15, 0.2) is 48.8 Å². The van der Waals surface area contributed by atoms with Gasteiger partial charge in [-0.2, -0.15) is 0 Å². The number of nitrogens with zero attached hydrogens (tertiary/aromatic N) is 4. The average molecular weight is 391 g/mol. The van der Waals surface area contributed by atoms with Crippen molar-refractivity contribution < 1.29 is 14.3 Å². The number of fused-ring (bicyclic) bond motifs is 1. The van der Waals surface area contributed by atoms with Crippen LogP contribution in [-0.4, -0.2) is 41.9 Å². The monoisotopic (exact) mass is 391 g/mol. The maximum atomic E-state index is 12.2. The van der Waals surface area contributed by atoms with Gasteiger partial charge in [-0.1, -0.05) is 0 Å². The van der Waals surface area contributed by atoms with Crippen LogP contribution in [0, 0.1) is 0 Å². The summed E-state index contributed by atoms with van der Waals surface area (Å²) in [6.07, 6.45) is 4.00. The molecule has 29 heavy (non-hydrogen) atoms. The van der Waals surface area contributed by atoms with E-state index < -0.39 is 0 Å². The van der Waals surface area contributed by atoms with Crippen molar-refractivity contribution in [3.05, 3.63) is 65.5 Å². The third-order valence-corrected chi connectivity index (χ3v) is 4.86. The van der Waals surface area contributed by atoms with Crippen LogP contribution in [0.5, 0.6) is 11.5 Å². The summed E-state index contributed by atoms with van der Waals surface area (Å²) in [5.41, 5.74) is 2.88. The number of nitrogens with one attached hydrogen (secondary N) is 1. The summed E-state index contributed by atoms with van der Waals surface area (Å²) < 4.78 is 10.8. The molecule has 1 aliphatic rings. The molecule has 0 unspecified atom stereocenters. The lowest BCUT2D eigenvalue weighted by atomic mass is 9.99. The lowest BCUT2D eigenvalue weighted by Crippen LogP contribution is -2.31. The summed E-state index contributed by atoms with van der Waals surface area (Å²) in [4.78, 5) is 18.3. The Morgan fingerprint density at radius 3 is 2.52 bits per heavy atom. The molecule has 3 heterocycles. The summed E-state index contributed by atoms with van der Waals surface area (Å²) >= 11 is 0. The van der Waals surface area contributed by atoms with Crippen LogP contribution in [0.1, 0.15) is 21.5 Å². The van der Waals surface area contributed by atoms with Crippen LogP contribution in [-0.2, 0) is 13.0 Å². The number of hydrogen-bond acceptors (Lipinski definition) is 7. The molecule has 1 aliphatic heterocycles. The molecule has 148 valence electrons. The number of benzene rings is 1. The standard InChI is InChI=1S/C21H21N5O3/c1-28-17-10-14-7-9-26(13-16(14)11-18(17)29-2)20-6-5-19(24-25-20)23-21(27)15-4-3-8-22-12-15/h3-6,8,10-12H,7,9,13H2,1-2H3,(H,23,24,27). The van der Waals surface area contributed by atoms with Crippen molar-refractivity contribution in [1.82, 2.24) is 15.2 Å². The first-order valence-electron chi connectivity index (χ1n) is 9.22. The molecule has 0 aliphatic carbocycles. The Bertz CT molecular complexity index is 1010. The molecule has 8 heteroatoms. The van der Waals surface area contributed by atoms with Crippen LogP contribution in [0.2, 0.25) is 0 Å². The van der Waals surface area contributed by atoms with E-state index in [1.165, 1.54) is 17.3 Å². The summed E-state index contributed by atoms with van der Waals surface area (Å²) in [5, 5.41) is 11.2. The van der Waals surface area contributed by atoms with Gasteiger partial charge in [0.25, 0.3) is 5.91 Å². The van der Waals surface area contributed by atoms with E-state index in [4.69, 9.17) is 9.47 Å². The molecule has 0 bridgehead atoms. The number of pyridine rings is 1. The second-order valence-corrected chi connectivity index (χ2v) is 6.62. The molecular formula is C21H21N5O3. The maximum Gasteiger partial charge on any atom is 0.258 e. The molecule has 3 aromatic rings. The van der Waals surface area contributed by atoms with Crippen molar-refractivity contribution in [3.63, 3.8) is 0 Å². The van der Waals surface area contributed by atoms with Crippen molar-refractivity contribution in [1.29, 1.82) is 0 Å². The third kappa shape index (κ3) is 3.96. The lowest BCUT2D eigenvalue weighted by molar-refractivity contribution is 0.102. The Labute approximate surface area is 168 Å². The summed E-state index contributed by atoms with van der Waals surface area (Å²) in [6, 6.07) is 11.1. The quantitative estimate of drug-likeness (QED) is 0.715. The van der Waals surface area contributed by atoms with Crippen LogP contribution in [0.3, 0.4) is 0 Å². The van der Waals surface area contributed by atoms with Gasteiger partial charge in [-0.05, 0) is 53.9 Å². The van der Waals surface area contributed by atoms with Gasteiger partial charge in [0.15, 0.2) is 23.1 Å². The van der Waals surface area contributed by atoms with Gasteiger partial charge in [0.2, 0.25) is 0 Å². The number of methoxy groups -OCH3 is 2. The highest BCUT2D eigenvalue weighted by molar-refractivity contribution is 6.03. The van der Waals surface area contributed by atoms with Crippen molar-refractivity contribution >= 4 is 17.5 Å². The number of amides is 1. The topological polar surface area (TPSA) is 89.5 Å². The summed E-state index contributed by atoms with van der Waals surface area (Å²) in [6.45, 7) is 1.52. The van der Waals surface area contributed by atoms with Crippen molar-refractivity contribution in [2.24, 2.45) is 0 Å². The van der Waals surface area contributed by atoms with Gasteiger partial charge < -0.3 is 19.7 Å². The Morgan fingerprint density at radius 1 is 1.07 bits per heavy atom. The largest absolute Gasteiger partial charge is 0.493 e. The van der Waals surface area contributed by atoms with E-state index in [0.29, 0.717) is 23.7 Å². The molecule has 4 rings (SSSR count). The van der Waals surface area contributed by atoms with Gasteiger partial charge in [0, 0.05) is 25.5 Å². The molecule has 0 spiro atoms. The molecule has 0 atom stereocenters. The van der Waals surface area contributed by atoms with E-state index in [2.05, 4.69) is 25.4 Å². The Kier molecular flexibility index (Phi) is 5.24. The zero-order valence-corrected chi connectivity index (χ0v) is 16.3. The first-order chi connectivity index (χ1) is 14.2. The van der Waals surface area contributed by atoms with Gasteiger partial charge in [-0.3, -0.25) is 9.78 Å². The second-order valence-electron chi connectivity index (χ2n) is 6.62. The molecule has 2 aromatic heterocycles. The fourth-order valence-corrected chi connectivity index (χ4v) is 3.32. The average Bonchev–Trinajstić information content (AvgIpc) is 2.78. The zero-order valence-electron chi connectivity index (χ0n) is 16.3. The molecule has 8 nitrogen and oxygen atoms in total. The van der Waals surface area contributed by atoms with E-state index in [0.717, 1.165) is 24.5 Å². The van der Waals surface area contributed by atoms with Gasteiger partial charge in [-0.25, -0.2) is 0 Å². The highest BCUT2D eigenvalue weighted by Crippen LogP contribution is 2.34. The molecular weight excluding hydrogens is 370 g/mol. The predicted octanol–water partition coefficient (Wildman–Crippen LogP) is 2.70. The van der Waals surface area contributed by atoms with Crippen LogP contribution < -0.4 is 19.7 Å². The fraction of sp³-hybridized carbons (Fsp3) is 0.238. The number of aromatic nitrogens is 3. The minimum atomic E-state index is -0.270. The maximum absolute atomic E-state index is 12.2. The number of hydrogen-bond donors (Lipinski definition) is 1. The van der Waals surface area contributed by atoms with Crippen LogP contribution in [0.4, 0.5) is 11.6 Å². The molecule has 1 N–H and O–H groups in total. The molecule has 0 radical (unpaired) electrons. The molecule has 0 fully saturated rings. The number of carbonyl (C=O) groups is 1. The van der Waals surface area contributed by atoms with E-state index >= 15 is 0 Å². The minimum absolute atomic E-state index is 0.270. The van der Waals surface area contributed by atoms with E-state index in [9.17, 15) is 4.79 Å². The van der Waals surface area contributed by atoms with Crippen molar-refractivity contribution in [3.8, 4) is 11.5 Å². The van der Waals surface area contributed by atoms with E-state index in [1.807, 2.05) is 18.2 Å². The number of anilines is 2. The summed E-state index contributed by atoms with van der Waals surface area (Å²) in [7, 11) is 3.28. The number of rotatable bonds is 5. The Morgan fingerprint density at radius 2 is 1.86 bits per heavy atom. The smallest absolute Gasteiger partial charge is 0.258 e. The highest BCUT2D eigenvalue weighted by atomic mass is 16.5. The van der Waals surface area contributed by atoms with E-state index in [-0.39, 0.29) is 5.91 Å². The number of carbonyl (C=O) groups excluding carboxylic acids is 1. The van der Waals surface area contributed by atoms with Crippen LogP contribution >= 0.6 is 0 Å². The lowest BCUT2D eigenvalue weighted by Gasteiger charge is -2.30. The molecule has 1 amide bonds. The van der Waals surface area contributed by atoms with Gasteiger partial charge >= 0.3 is 0 Å². The first-order valence-corrected chi connectivity index (χ1v) is 9.22. The fourth-order valence-electron chi connectivity index (χ4n) is 3.32. The summed E-state index contributed by atoms with van der Waals surface area (Å²) in [5.74, 6) is 2.34. The van der Waals surface area contributed by atoms with Gasteiger partial charge in [0.05, 0.1) is 19.8 Å². The second kappa shape index (κ2) is 8.14. The minimum Gasteiger partial charge on any atom is -0.493 e. The highest BCUT2D eigenvalue weighted by Gasteiger charge is 2.21. The van der Waals surface area contributed by atoms with Crippen molar-refractivity contribution in [2.45, 2.75) is 13.0 Å². The van der Waals surface area contributed by atoms with Gasteiger partial charge in [0.1, 0.15) is 0 Å². The van der Waals surface area contributed by atoms with E-state index in [1.54, 1.807) is 38.6 Å². The Hall–Kier alpha value is -3.68. The molecule has 0 saturated carbocycles. The molecule has 0 saturated heterocycles. The number of ether oxygens (including phenoxy) is 2. The third-order valence-electron chi connectivity index (χ3n) is 4.86. The van der Waals surface area contributed by atoms with Crippen molar-refractivity contribution in [2.75, 3.05) is 31.0 Å². The predicted molar refractivity (Wildman–Crippen MR) is 109 cm³/mol. The van der Waals surface area contributed by atoms with Crippen LogP contribution in [0.25, 0.3) is 0 Å². The Balaban J connectivity index is 1.47. The van der Waals surface area contributed by atoms with Gasteiger partial charge in [-0.15, -0.1) is 10.2 Å².